The molecule has 0 aliphatic carbocycles. The van der Waals surface area contributed by atoms with Crippen molar-refractivity contribution in [1.82, 2.24) is 29.8 Å². The number of fused-ring (bicyclic) bond motifs is 1. The number of hydrogen-bond acceptors (Lipinski definition) is 5. The Balaban J connectivity index is 2.08. The van der Waals surface area contributed by atoms with Crippen LogP contribution in [0.5, 0.6) is 0 Å². The van der Waals surface area contributed by atoms with Gasteiger partial charge < -0.3 is 5.32 Å². The average molecular weight is 229 g/mol. The first-order chi connectivity index (χ1) is 8.24. The summed E-state index contributed by atoms with van der Waals surface area (Å²) in [5, 5.41) is 14.2. The van der Waals surface area contributed by atoms with Crippen LogP contribution in [0.2, 0.25) is 0 Å². The van der Waals surface area contributed by atoms with E-state index in [1.54, 1.807) is 10.8 Å². The summed E-state index contributed by atoms with van der Waals surface area (Å²) < 4.78 is 1.68. The molecule has 0 aliphatic rings. The topological polar surface area (TPSA) is 83.8 Å². The third-order valence-electron chi connectivity index (χ3n) is 2.47. The number of nitrogens with zero attached hydrogens (tertiary/aromatic N) is 5. The molecule has 0 aromatic carbocycles. The van der Waals surface area contributed by atoms with Crippen molar-refractivity contribution in [2.45, 2.75) is 13.8 Å². The van der Waals surface area contributed by atoms with Crippen molar-refractivity contribution in [2.75, 3.05) is 5.32 Å². The van der Waals surface area contributed by atoms with Gasteiger partial charge in [-0.05, 0) is 13.8 Å². The predicted octanol–water partition coefficient (Wildman–Crippen LogP) is 1.21. The van der Waals surface area contributed by atoms with Crippen LogP contribution in [0.15, 0.2) is 18.7 Å². The fourth-order valence-electron chi connectivity index (χ4n) is 1.69. The lowest BCUT2D eigenvalue weighted by atomic mass is 10.4. The molecule has 7 nitrogen and oxygen atoms in total. The fraction of sp³-hybridized carbons (Fsp3) is 0.200. The minimum Gasteiger partial charge on any atom is -0.322 e. The molecule has 0 atom stereocenters. The van der Waals surface area contributed by atoms with Crippen LogP contribution in [0.25, 0.3) is 5.52 Å². The molecule has 17 heavy (non-hydrogen) atoms. The number of imidazole rings is 1. The summed E-state index contributed by atoms with van der Waals surface area (Å²) in [5.41, 5.74) is 2.72. The van der Waals surface area contributed by atoms with Crippen molar-refractivity contribution in [1.29, 1.82) is 0 Å². The first kappa shape index (κ1) is 9.76. The zero-order valence-corrected chi connectivity index (χ0v) is 9.47. The number of hydrogen-bond donors (Lipinski definition) is 2. The van der Waals surface area contributed by atoms with Crippen LogP contribution < -0.4 is 5.32 Å². The SMILES string of the molecule is Cc1cc(Nc2ncnn3cnc(C)c23)n[nH]1. The zero-order valence-electron chi connectivity index (χ0n) is 9.47. The fourth-order valence-corrected chi connectivity index (χ4v) is 1.69. The average Bonchev–Trinajstić information content (AvgIpc) is 2.87. The van der Waals surface area contributed by atoms with Gasteiger partial charge in [0, 0.05) is 11.8 Å². The first-order valence-corrected chi connectivity index (χ1v) is 5.18. The molecule has 0 bridgehead atoms. The normalized spacial score (nSPS) is 10.9. The predicted molar refractivity (Wildman–Crippen MR) is 62.1 cm³/mol. The van der Waals surface area contributed by atoms with Gasteiger partial charge in [0.25, 0.3) is 0 Å². The summed E-state index contributed by atoms with van der Waals surface area (Å²) in [5.74, 6) is 1.42. The molecule has 0 spiro atoms. The van der Waals surface area contributed by atoms with Crippen LogP contribution >= 0.6 is 0 Å². The van der Waals surface area contributed by atoms with Crippen molar-refractivity contribution in [3.63, 3.8) is 0 Å². The molecule has 0 fully saturated rings. The van der Waals surface area contributed by atoms with E-state index in [9.17, 15) is 0 Å². The molecule has 86 valence electrons. The highest BCUT2D eigenvalue weighted by atomic mass is 15.3. The van der Waals surface area contributed by atoms with Crippen LogP contribution in [0.4, 0.5) is 11.6 Å². The second kappa shape index (κ2) is 3.55. The maximum absolute atomic E-state index is 4.21. The van der Waals surface area contributed by atoms with Gasteiger partial charge in [-0.3, -0.25) is 5.10 Å². The molecule has 7 heteroatoms. The van der Waals surface area contributed by atoms with Gasteiger partial charge in [-0.1, -0.05) is 0 Å². The van der Waals surface area contributed by atoms with Gasteiger partial charge in [-0.15, -0.1) is 0 Å². The molecule has 0 unspecified atom stereocenters. The van der Waals surface area contributed by atoms with Gasteiger partial charge in [-0.25, -0.2) is 14.5 Å². The van der Waals surface area contributed by atoms with E-state index in [-0.39, 0.29) is 0 Å². The Kier molecular flexibility index (Phi) is 2.04. The van der Waals surface area contributed by atoms with Gasteiger partial charge >= 0.3 is 0 Å². The van der Waals surface area contributed by atoms with E-state index in [2.05, 4.69) is 30.6 Å². The Morgan fingerprint density at radius 1 is 1.29 bits per heavy atom. The number of aromatic amines is 1. The lowest BCUT2D eigenvalue weighted by Gasteiger charge is -2.03. The standard InChI is InChI=1S/C10H11N7/c1-6-3-8(16-15-6)14-10-9-7(2)12-5-17(9)13-4-11-10/h3-5H,1-2H3,(H2,11,13,14,15,16). The van der Waals surface area contributed by atoms with Crippen molar-refractivity contribution >= 4 is 17.2 Å². The van der Waals surface area contributed by atoms with Gasteiger partial charge in [-0.2, -0.15) is 10.2 Å². The second-order valence-corrected chi connectivity index (χ2v) is 3.79. The van der Waals surface area contributed by atoms with Crippen LogP contribution in [0, 0.1) is 13.8 Å². The summed E-state index contributed by atoms with van der Waals surface area (Å²) in [4.78, 5) is 8.40. The van der Waals surface area contributed by atoms with Crippen LogP contribution in [0.3, 0.4) is 0 Å². The number of nitrogens with one attached hydrogen (secondary N) is 2. The minimum atomic E-state index is 0.696. The van der Waals surface area contributed by atoms with Crippen LogP contribution in [-0.4, -0.2) is 29.8 Å². The number of rotatable bonds is 2. The van der Waals surface area contributed by atoms with Crippen molar-refractivity contribution in [3.05, 3.63) is 30.1 Å². The molecule has 3 heterocycles. The van der Waals surface area contributed by atoms with E-state index in [4.69, 9.17) is 0 Å². The summed E-state index contributed by atoms with van der Waals surface area (Å²) in [7, 11) is 0. The highest BCUT2D eigenvalue weighted by Gasteiger charge is 2.09. The number of aryl methyl sites for hydroxylation is 2. The van der Waals surface area contributed by atoms with E-state index in [0.717, 1.165) is 22.7 Å². The Morgan fingerprint density at radius 2 is 2.18 bits per heavy atom. The Morgan fingerprint density at radius 3 is 2.94 bits per heavy atom. The van der Waals surface area contributed by atoms with Crippen molar-refractivity contribution in [3.8, 4) is 0 Å². The first-order valence-electron chi connectivity index (χ1n) is 5.18. The number of anilines is 2. The van der Waals surface area contributed by atoms with E-state index >= 15 is 0 Å². The zero-order chi connectivity index (χ0) is 11.8. The van der Waals surface area contributed by atoms with Gasteiger partial charge in [0.05, 0.1) is 5.69 Å². The molecule has 0 saturated carbocycles. The molecule has 3 rings (SSSR count). The number of aromatic nitrogens is 6. The van der Waals surface area contributed by atoms with E-state index in [1.165, 1.54) is 6.33 Å². The van der Waals surface area contributed by atoms with Crippen LogP contribution in [0.1, 0.15) is 11.4 Å². The van der Waals surface area contributed by atoms with Crippen LogP contribution in [-0.2, 0) is 0 Å². The Hall–Kier alpha value is -2.44. The van der Waals surface area contributed by atoms with Gasteiger partial charge in [0.1, 0.15) is 18.2 Å². The van der Waals surface area contributed by atoms with E-state index < -0.39 is 0 Å². The van der Waals surface area contributed by atoms with Crippen molar-refractivity contribution in [2.24, 2.45) is 0 Å². The largest absolute Gasteiger partial charge is 0.322 e. The molecule has 3 aromatic rings. The molecule has 0 radical (unpaired) electrons. The van der Waals surface area contributed by atoms with Crippen molar-refractivity contribution < 1.29 is 0 Å². The third kappa shape index (κ3) is 1.61. The minimum absolute atomic E-state index is 0.696. The van der Waals surface area contributed by atoms with E-state index in [0.29, 0.717) is 5.82 Å². The molecular weight excluding hydrogens is 218 g/mol. The molecule has 3 aromatic heterocycles. The smallest absolute Gasteiger partial charge is 0.161 e. The Bertz CT molecular complexity index is 666. The lowest BCUT2D eigenvalue weighted by molar-refractivity contribution is 0.894. The third-order valence-corrected chi connectivity index (χ3v) is 2.47. The van der Waals surface area contributed by atoms with E-state index in [1.807, 2.05) is 19.9 Å². The summed E-state index contributed by atoms with van der Waals surface area (Å²) in [6.07, 6.45) is 3.14. The quantitative estimate of drug-likeness (QED) is 0.690. The molecular formula is C10H11N7. The lowest BCUT2D eigenvalue weighted by Crippen LogP contribution is -2.00. The molecule has 0 amide bonds. The molecule has 0 saturated heterocycles. The molecule has 0 aliphatic heterocycles. The van der Waals surface area contributed by atoms with Gasteiger partial charge in [0.15, 0.2) is 11.6 Å². The summed E-state index contributed by atoms with van der Waals surface area (Å²) >= 11 is 0. The summed E-state index contributed by atoms with van der Waals surface area (Å²) in [6, 6.07) is 1.91. The molecule has 2 N–H and O–H groups in total. The summed E-state index contributed by atoms with van der Waals surface area (Å²) in [6.45, 7) is 3.86. The number of H-pyrrole nitrogens is 1. The Labute approximate surface area is 96.9 Å². The maximum atomic E-state index is 4.21. The second-order valence-electron chi connectivity index (χ2n) is 3.79. The maximum Gasteiger partial charge on any atom is 0.161 e. The monoisotopic (exact) mass is 229 g/mol. The highest BCUT2D eigenvalue weighted by Crippen LogP contribution is 2.19. The highest BCUT2D eigenvalue weighted by molar-refractivity contribution is 5.73. The van der Waals surface area contributed by atoms with Gasteiger partial charge in [0.2, 0.25) is 0 Å².